The number of fused-ring (bicyclic) bond motifs is 1. The highest BCUT2D eigenvalue weighted by atomic mass is 16.5. The molecule has 0 unspecified atom stereocenters. The van der Waals surface area contributed by atoms with Gasteiger partial charge in [0, 0.05) is 12.5 Å². The number of phenols is 1. The average Bonchev–Trinajstić information content (AvgIpc) is 2.45. The Morgan fingerprint density at radius 2 is 1.91 bits per heavy atom. The van der Waals surface area contributed by atoms with E-state index >= 15 is 0 Å². The Balaban J connectivity index is 2.43. The van der Waals surface area contributed by atoms with Gasteiger partial charge in [0.05, 0.1) is 19.3 Å². The molecule has 1 aromatic carbocycles. The van der Waals surface area contributed by atoms with Crippen LogP contribution in [0, 0.1) is 0 Å². The van der Waals surface area contributed by atoms with Crippen LogP contribution in [0.5, 0.6) is 11.5 Å². The molecule has 120 valence electrons. The van der Waals surface area contributed by atoms with E-state index < -0.39 is 23.9 Å². The second-order valence-electron chi connectivity index (χ2n) is 5.11. The van der Waals surface area contributed by atoms with Gasteiger partial charge in [-0.05, 0) is 24.4 Å². The quantitative estimate of drug-likeness (QED) is 0.620. The third kappa shape index (κ3) is 3.22. The smallest absolute Gasteiger partial charge is 0.347 e. The third-order valence-electron chi connectivity index (χ3n) is 3.40. The van der Waals surface area contributed by atoms with Gasteiger partial charge in [0.2, 0.25) is 0 Å². The normalized spacial score (nSPS) is 15.5. The van der Waals surface area contributed by atoms with Gasteiger partial charge in [0.1, 0.15) is 28.7 Å². The molecule has 1 aromatic heterocycles. The van der Waals surface area contributed by atoms with Crippen molar-refractivity contribution < 1.29 is 29.6 Å². The molecule has 22 heavy (non-hydrogen) atoms. The Morgan fingerprint density at radius 1 is 1.23 bits per heavy atom. The molecule has 0 saturated heterocycles. The minimum atomic E-state index is -1.36. The Labute approximate surface area is 126 Å². The minimum Gasteiger partial charge on any atom is -0.507 e. The Bertz CT molecular complexity index is 720. The summed E-state index contributed by atoms with van der Waals surface area (Å²) in [4.78, 5) is 11.9. The van der Waals surface area contributed by atoms with E-state index in [0.717, 1.165) is 0 Å². The number of ether oxygens (including phenoxy) is 1. The molecular weight excluding hydrogens is 292 g/mol. The van der Waals surface area contributed by atoms with E-state index in [4.69, 9.17) is 9.15 Å². The van der Waals surface area contributed by atoms with Gasteiger partial charge in [0.15, 0.2) is 0 Å². The van der Waals surface area contributed by atoms with Crippen molar-refractivity contribution in [1.82, 2.24) is 0 Å². The zero-order valence-electron chi connectivity index (χ0n) is 12.2. The molecule has 1 heterocycles. The van der Waals surface area contributed by atoms with Gasteiger partial charge >= 0.3 is 5.63 Å². The number of benzene rings is 1. The molecule has 0 fully saturated rings. The number of hydrogen-bond acceptors (Lipinski definition) is 7. The van der Waals surface area contributed by atoms with Crippen LogP contribution in [0.15, 0.2) is 27.4 Å². The first-order chi connectivity index (χ1) is 10.3. The fourth-order valence-corrected chi connectivity index (χ4v) is 2.20. The van der Waals surface area contributed by atoms with Gasteiger partial charge in [-0.15, -0.1) is 0 Å². The molecule has 2 rings (SSSR count). The zero-order chi connectivity index (χ0) is 16.4. The standard InChI is InChI=1S/C15H18O7/c1-7(16)14(19)12(18)6-10-4-8-3-9(21-2)5-11(17)13(8)15(20)22-10/h3-5,7,12,14,16-19H,6H2,1-2H3/t7-,12+,14+/m0/s1. The van der Waals surface area contributed by atoms with Crippen LogP contribution in [0.2, 0.25) is 0 Å². The summed E-state index contributed by atoms with van der Waals surface area (Å²) in [7, 11) is 1.43. The molecule has 0 radical (unpaired) electrons. The molecule has 4 N–H and O–H groups in total. The highest BCUT2D eigenvalue weighted by Gasteiger charge is 2.23. The van der Waals surface area contributed by atoms with E-state index in [-0.39, 0.29) is 23.3 Å². The highest BCUT2D eigenvalue weighted by Crippen LogP contribution is 2.28. The van der Waals surface area contributed by atoms with Crippen molar-refractivity contribution in [2.45, 2.75) is 31.7 Å². The molecule has 0 spiro atoms. The van der Waals surface area contributed by atoms with Gasteiger partial charge in [-0.1, -0.05) is 0 Å². The molecular formula is C15H18O7. The number of methoxy groups -OCH3 is 1. The predicted octanol–water partition coefficient (Wildman–Crippen LogP) is 0.152. The lowest BCUT2D eigenvalue weighted by atomic mass is 10.0. The number of rotatable bonds is 5. The number of aliphatic hydroxyl groups is 3. The molecule has 0 amide bonds. The Morgan fingerprint density at radius 3 is 2.50 bits per heavy atom. The summed E-state index contributed by atoms with van der Waals surface area (Å²) in [6.07, 6.45) is -3.93. The minimum absolute atomic E-state index is 0.00937. The van der Waals surface area contributed by atoms with Crippen LogP contribution in [0.4, 0.5) is 0 Å². The summed E-state index contributed by atoms with van der Waals surface area (Å²) in [5.74, 6) is 0.225. The van der Waals surface area contributed by atoms with Gasteiger partial charge in [-0.3, -0.25) is 0 Å². The summed E-state index contributed by atoms with van der Waals surface area (Å²) < 4.78 is 10.1. The van der Waals surface area contributed by atoms with Crippen molar-refractivity contribution >= 4 is 10.8 Å². The molecule has 0 aliphatic heterocycles. The van der Waals surface area contributed by atoms with Crippen LogP contribution in [0.1, 0.15) is 12.7 Å². The van der Waals surface area contributed by atoms with Crippen molar-refractivity contribution in [2.75, 3.05) is 7.11 Å². The Kier molecular flexibility index (Phi) is 4.70. The van der Waals surface area contributed by atoms with Crippen molar-refractivity contribution in [3.05, 3.63) is 34.4 Å². The second kappa shape index (κ2) is 6.35. The van der Waals surface area contributed by atoms with E-state index in [2.05, 4.69) is 0 Å². The summed E-state index contributed by atoms with van der Waals surface area (Å²) in [6.45, 7) is 1.34. The third-order valence-corrected chi connectivity index (χ3v) is 3.40. The topological polar surface area (TPSA) is 120 Å². The number of hydrogen-bond donors (Lipinski definition) is 4. The molecule has 0 aliphatic rings. The zero-order valence-corrected chi connectivity index (χ0v) is 12.2. The second-order valence-corrected chi connectivity index (χ2v) is 5.11. The Hall–Kier alpha value is -2.09. The molecule has 0 aliphatic carbocycles. The summed E-state index contributed by atoms with van der Waals surface area (Å²) in [5.41, 5.74) is -0.758. The maximum absolute atomic E-state index is 11.9. The van der Waals surface area contributed by atoms with E-state index in [1.807, 2.05) is 0 Å². The molecule has 0 bridgehead atoms. The molecule has 3 atom stereocenters. The highest BCUT2D eigenvalue weighted by molar-refractivity contribution is 5.88. The maximum Gasteiger partial charge on any atom is 0.347 e. The van der Waals surface area contributed by atoms with E-state index in [1.54, 1.807) is 6.07 Å². The van der Waals surface area contributed by atoms with E-state index in [0.29, 0.717) is 11.1 Å². The van der Waals surface area contributed by atoms with Crippen LogP contribution in [0.25, 0.3) is 10.8 Å². The van der Waals surface area contributed by atoms with Gasteiger partial charge < -0.3 is 29.6 Å². The number of phenolic OH excluding ortho intramolecular Hbond substituents is 1. The van der Waals surface area contributed by atoms with Gasteiger partial charge in [-0.25, -0.2) is 4.79 Å². The summed E-state index contributed by atoms with van der Waals surface area (Å²) >= 11 is 0. The first kappa shape index (κ1) is 16.3. The van der Waals surface area contributed by atoms with Crippen LogP contribution >= 0.6 is 0 Å². The number of aromatic hydroxyl groups is 1. The SMILES string of the molecule is COc1cc(O)c2c(=O)oc(C[C@@H](O)[C@H](O)[C@H](C)O)cc2c1. The molecule has 7 nitrogen and oxygen atoms in total. The maximum atomic E-state index is 11.9. The van der Waals surface area contributed by atoms with Crippen LogP contribution < -0.4 is 10.4 Å². The van der Waals surface area contributed by atoms with Crippen molar-refractivity contribution in [2.24, 2.45) is 0 Å². The van der Waals surface area contributed by atoms with E-state index in [9.17, 15) is 25.2 Å². The first-order valence-corrected chi connectivity index (χ1v) is 6.71. The lowest BCUT2D eigenvalue weighted by Gasteiger charge is -2.19. The lowest BCUT2D eigenvalue weighted by Crippen LogP contribution is -2.36. The van der Waals surface area contributed by atoms with Crippen LogP contribution in [-0.2, 0) is 6.42 Å². The summed E-state index contributed by atoms with van der Waals surface area (Å²) in [6, 6.07) is 4.31. The molecule has 7 heteroatoms. The van der Waals surface area contributed by atoms with Gasteiger partial charge in [0.25, 0.3) is 0 Å². The summed E-state index contributed by atoms with van der Waals surface area (Å²) in [5, 5.41) is 38.9. The van der Waals surface area contributed by atoms with E-state index in [1.165, 1.54) is 26.2 Å². The van der Waals surface area contributed by atoms with Gasteiger partial charge in [-0.2, -0.15) is 0 Å². The monoisotopic (exact) mass is 310 g/mol. The largest absolute Gasteiger partial charge is 0.507 e. The molecule has 2 aromatic rings. The molecule has 0 saturated carbocycles. The number of aliphatic hydroxyl groups excluding tert-OH is 3. The fourth-order valence-electron chi connectivity index (χ4n) is 2.20. The van der Waals surface area contributed by atoms with Crippen molar-refractivity contribution in [3.8, 4) is 11.5 Å². The average molecular weight is 310 g/mol. The van der Waals surface area contributed by atoms with Crippen molar-refractivity contribution in [1.29, 1.82) is 0 Å². The first-order valence-electron chi connectivity index (χ1n) is 6.71. The van der Waals surface area contributed by atoms with Crippen LogP contribution in [-0.4, -0.2) is 45.8 Å². The van der Waals surface area contributed by atoms with Crippen LogP contribution in [0.3, 0.4) is 0 Å². The lowest BCUT2D eigenvalue weighted by molar-refractivity contribution is -0.0526. The predicted molar refractivity (Wildman–Crippen MR) is 78.1 cm³/mol. The fraction of sp³-hybridized carbons (Fsp3) is 0.400. The van der Waals surface area contributed by atoms with Crippen molar-refractivity contribution in [3.63, 3.8) is 0 Å².